The second kappa shape index (κ2) is 7.23. The van der Waals surface area contributed by atoms with Crippen LogP contribution in [0.2, 0.25) is 0 Å². The maximum absolute atomic E-state index is 12.0. The lowest BCUT2D eigenvalue weighted by Crippen LogP contribution is -2.05. The number of aryl methyl sites for hydroxylation is 2. The average molecular weight is 351 g/mol. The topological polar surface area (TPSA) is 47.8 Å². The van der Waals surface area contributed by atoms with Gasteiger partial charge in [0.15, 0.2) is 10.9 Å². The summed E-state index contributed by atoms with van der Waals surface area (Å²) >= 11 is 1.63. The molecule has 0 N–H and O–H groups in total. The predicted octanol–water partition coefficient (Wildman–Crippen LogP) is 4.69. The van der Waals surface area contributed by atoms with Crippen molar-refractivity contribution < 1.29 is 4.79 Å². The average Bonchev–Trinajstić information content (AvgIpc) is 3.03. The molecule has 25 heavy (non-hydrogen) atoms. The minimum absolute atomic E-state index is 0.119. The zero-order valence-electron chi connectivity index (χ0n) is 14.9. The number of aromatic nitrogens is 3. The number of hydrogen-bond donors (Lipinski definition) is 0. The Morgan fingerprint density at radius 2 is 1.84 bits per heavy atom. The molecule has 0 unspecified atom stereocenters. The Morgan fingerprint density at radius 1 is 1.12 bits per heavy atom. The molecule has 2 aromatic carbocycles. The molecule has 0 saturated heterocycles. The van der Waals surface area contributed by atoms with Crippen molar-refractivity contribution in [2.45, 2.75) is 38.6 Å². The number of benzene rings is 2. The fraction of sp³-hybridized carbons (Fsp3) is 0.250. The summed E-state index contributed by atoms with van der Waals surface area (Å²) in [5.74, 6) is 0.873. The Morgan fingerprint density at radius 3 is 2.52 bits per heavy atom. The van der Waals surface area contributed by atoms with Gasteiger partial charge < -0.3 is 0 Å². The van der Waals surface area contributed by atoms with Crippen LogP contribution in [0.25, 0.3) is 5.69 Å². The van der Waals surface area contributed by atoms with Crippen LogP contribution in [0.15, 0.2) is 47.9 Å². The Bertz CT molecular complexity index is 916. The van der Waals surface area contributed by atoms with E-state index in [1.807, 2.05) is 48.7 Å². The lowest BCUT2D eigenvalue weighted by atomic mass is 9.92. The number of carbonyl (C=O) groups excluding carboxylic acids is 1. The van der Waals surface area contributed by atoms with Gasteiger partial charge in [-0.05, 0) is 62.1 Å². The minimum Gasteiger partial charge on any atom is -0.294 e. The van der Waals surface area contributed by atoms with E-state index in [9.17, 15) is 4.79 Å². The highest BCUT2D eigenvalue weighted by atomic mass is 32.2. The summed E-state index contributed by atoms with van der Waals surface area (Å²) in [4.78, 5) is 12.0. The fourth-order valence-electron chi connectivity index (χ4n) is 3.22. The second-order valence-corrected chi connectivity index (χ2v) is 7.10. The summed E-state index contributed by atoms with van der Waals surface area (Å²) in [6, 6.07) is 12.1. The van der Waals surface area contributed by atoms with Crippen molar-refractivity contribution in [3.8, 4) is 5.69 Å². The number of nitrogens with zero attached hydrogens (tertiary/aromatic N) is 3. The first-order chi connectivity index (χ1) is 12.0. The highest BCUT2D eigenvalue weighted by molar-refractivity contribution is 7.98. The zero-order chi connectivity index (χ0) is 18.0. The first-order valence-corrected chi connectivity index (χ1v) is 9.16. The van der Waals surface area contributed by atoms with Crippen molar-refractivity contribution in [2.24, 2.45) is 0 Å². The summed E-state index contributed by atoms with van der Waals surface area (Å²) in [5, 5.41) is 9.15. The summed E-state index contributed by atoms with van der Waals surface area (Å²) in [5.41, 5.74) is 6.40. The highest BCUT2D eigenvalue weighted by Crippen LogP contribution is 2.29. The molecule has 0 bridgehead atoms. The van der Waals surface area contributed by atoms with E-state index in [0.29, 0.717) is 0 Å². The molecule has 3 rings (SSSR count). The summed E-state index contributed by atoms with van der Waals surface area (Å²) in [7, 11) is 0. The molecule has 0 radical (unpaired) electrons. The van der Waals surface area contributed by atoms with Crippen LogP contribution in [-0.2, 0) is 5.75 Å². The van der Waals surface area contributed by atoms with Crippen LogP contribution in [0.5, 0.6) is 0 Å². The Kier molecular flexibility index (Phi) is 5.04. The monoisotopic (exact) mass is 351 g/mol. The van der Waals surface area contributed by atoms with Crippen LogP contribution in [0, 0.1) is 20.8 Å². The molecule has 1 heterocycles. The number of para-hydroxylation sites is 1. The molecule has 4 nitrogen and oxygen atoms in total. The highest BCUT2D eigenvalue weighted by Gasteiger charge is 2.15. The van der Waals surface area contributed by atoms with E-state index in [0.717, 1.165) is 33.3 Å². The van der Waals surface area contributed by atoms with E-state index in [4.69, 9.17) is 0 Å². The number of carbonyl (C=O) groups is 1. The van der Waals surface area contributed by atoms with Gasteiger partial charge in [0.25, 0.3) is 0 Å². The SMILES string of the molecule is CC(=O)c1c(C)cc(C)c(CSc2nncn2-c2ccccc2)c1C. The Balaban J connectivity index is 1.90. The van der Waals surface area contributed by atoms with Gasteiger partial charge in [0, 0.05) is 17.0 Å². The van der Waals surface area contributed by atoms with Gasteiger partial charge in [-0.1, -0.05) is 36.0 Å². The molecule has 5 heteroatoms. The molecule has 0 spiro atoms. The van der Waals surface area contributed by atoms with Crippen LogP contribution < -0.4 is 0 Å². The van der Waals surface area contributed by atoms with E-state index in [-0.39, 0.29) is 5.78 Å². The van der Waals surface area contributed by atoms with Crippen molar-refractivity contribution in [2.75, 3.05) is 0 Å². The number of ketones is 1. The molecular weight excluding hydrogens is 330 g/mol. The number of hydrogen-bond acceptors (Lipinski definition) is 4. The normalized spacial score (nSPS) is 10.9. The van der Waals surface area contributed by atoms with Gasteiger partial charge in [-0.15, -0.1) is 10.2 Å². The molecule has 0 fully saturated rings. The van der Waals surface area contributed by atoms with E-state index >= 15 is 0 Å². The van der Waals surface area contributed by atoms with Crippen LogP contribution in [0.1, 0.15) is 39.5 Å². The van der Waals surface area contributed by atoms with Crippen molar-refractivity contribution in [1.29, 1.82) is 0 Å². The van der Waals surface area contributed by atoms with E-state index in [1.165, 1.54) is 11.1 Å². The quantitative estimate of drug-likeness (QED) is 0.494. The Labute approximate surface area is 152 Å². The molecule has 1 aromatic heterocycles. The molecular formula is C20H21N3OS. The first kappa shape index (κ1) is 17.4. The molecule has 0 aliphatic carbocycles. The van der Waals surface area contributed by atoms with Gasteiger partial charge in [0.2, 0.25) is 0 Å². The van der Waals surface area contributed by atoms with Crippen LogP contribution in [0.3, 0.4) is 0 Å². The van der Waals surface area contributed by atoms with E-state index in [1.54, 1.807) is 25.0 Å². The predicted molar refractivity (Wildman–Crippen MR) is 102 cm³/mol. The third-order valence-corrected chi connectivity index (χ3v) is 5.35. The maximum Gasteiger partial charge on any atom is 0.195 e. The molecule has 3 aromatic rings. The van der Waals surface area contributed by atoms with Gasteiger partial charge in [-0.25, -0.2) is 0 Å². The number of rotatable bonds is 5. The van der Waals surface area contributed by atoms with E-state index in [2.05, 4.69) is 23.2 Å². The largest absolute Gasteiger partial charge is 0.294 e. The van der Waals surface area contributed by atoms with E-state index < -0.39 is 0 Å². The van der Waals surface area contributed by atoms with Crippen LogP contribution >= 0.6 is 11.8 Å². The van der Waals surface area contributed by atoms with Gasteiger partial charge in [0.1, 0.15) is 6.33 Å². The minimum atomic E-state index is 0.119. The molecule has 0 saturated carbocycles. The molecule has 0 atom stereocenters. The third-order valence-electron chi connectivity index (χ3n) is 4.38. The lowest BCUT2D eigenvalue weighted by molar-refractivity contribution is 0.101. The van der Waals surface area contributed by atoms with Crippen molar-refractivity contribution in [3.63, 3.8) is 0 Å². The Hall–Kier alpha value is -2.40. The van der Waals surface area contributed by atoms with Crippen molar-refractivity contribution in [3.05, 3.63) is 70.5 Å². The van der Waals surface area contributed by atoms with Crippen molar-refractivity contribution in [1.82, 2.24) is 14.8 Å². The lowest BCUT2D eigenvalue weighted by Gasteiger charge is -2.15. The number of Topliss-reactive ketones (excluding diaryl/α,β-unsaturated/α-hetero) is 1. The molecule has 128 valence electrons. The summed E-state index contributed by atoms with van der Waals surface area (Å²) in [6.45, 7) is 7.77. The molecule has 0 aliphatic heterocycles. The standard InChI is InChI=1S/C20H21N3OS/c1-13-10-14(2)19(16(4)24)15(3)18(13)11-25-20-22-21-12-23(20)17-8-6-5-7-9-17/h5-10,12H,11H2,1-4H3. The van der Waals surface area contributed by atoms with Gasteiger partial charge in [0.05, 0.1) is 0 Å². The molecule has 0 amide bonds. The maximum atomic E-state index is 12.0. The van der Waals surface area contributed by atoms with Gasteiger partial charge in [-0.2, -0.15) is 0 Å². The third kappa shape index (κ3) is 3.51. The second-order valence-electron chi connectivity index (χ2n) is 6.15. The summed E-state index contributed by atoms with van der Waals surface area (Å²) in [6.07, 6.45) is 1.73. The van der Waals surface area contributed by atoms with Crippen LogP contribution in [0.4, 0.5) is 0 Å². The van der Waals surface area contributed by atoms with Gasteiger partial charge >= 0.3 is 0 Å². The smallest absolute Gasteiger partial charge is 0.195 e. The molecule has 0 aliphatic rings. The number of thioether (sulfide) groups is 1. The van der Waals surface area contributed by atoms with Crippen molar-refractivity contribution >= 4 is 17.5 Å². The zero-order valence-corrected chi connectivity index (χ0v) is 15.7. The van der Waals surface area contributed by atoms with Crippen LogP contribution in [-0.4, -0.2) is 20.5 Å². The first-order valence-electron chi connectivity index (χ1n) is 8.18. The fourth-order valence-corrected chi connectivity index (χ4v) is 4.33. The van der Waals surface area contributed by atoms with Gasteiger partial charge in [-0.3, -0.25) is 9.36 Å². The summed E-state index contributed by atoms with van der Waals surface area (Å²) < 4.78 is 1.98.